The Morgan fingerprint density at radius 2 is 1.59 bits per heavy atom. The average Bonchev–Trinajstić information content (AvgIpc) is 2.68. The molecule has 2 aromatic carbocycles. The molecule has 0 bridgehead atoms. The Morgan fingerprint density at radius 1 is 0.931 bits per heavy atom. The van der Waals surface area contributed by atoms with Gasteiger partial charge in [0.15, 0.2) is 0 Å². The molecule has 0 aliphatic carbocycles. The maximum Gasteiger partial charge on any atom is 0.254 e. The van der Waals surface area contributed by atoms with Crippen LogP contribution in [0.25, 0.3) is 0 Å². The molecule has 0 saturated carbocycles. The average molecular weight is 436 g/mol. The minimum absolute atomic E-state index is 0.0408. The maximum absolute atomic E-state index is 13.1. The lowest BCUT2D eigenvalue weighted by molar-refractivity contribution is -0.119. The van der Waals surface area contributed by atoms with Crippen LogP contribution in [0.15, 0.2) is 42.5 Å². The van der Waals surface area contributed by atoms with Crippen LogP contribution in [0.4, 0.5) is 0 Å². The number of carbonyl (C=O) groups is 2. The quantitative estimate of drug-likeness (QED) is 0.641. The molecule has 0 heterocycles. The minimum atomic E-state index is -0.0844. The molecule has 29 heavy (non-hydrogen) atoms. The van der Waals surface area contributed by atoms with Crippen LogP contribution in [0.1, 0.15) is 34.8 Å². The van der Waals surface area contributed by atoms with Crippen molar-refractivity contribution < 1.29 is 9.59 Å². The van der Waals surface area contributed by atoms with Crippen LogP contribution < -0.4 is 5.32 Å². The first-order valence-electron chi connectivity index (χ1n) is 9.47. The monoisotopic (exact) mass is 435 g/mol. The standard InChI is InChI=1S/C22H27Cl2N3O2/c1-16(28)25-14-17-5-8-19(9-6-17)22(29)27(12-4-11-26(2)3)15-18-7-10-20(23)21(24)13-18/h5-10,13H,4,11-12,14-15H2,1-3H3,(H,25,28). The molecular formula is C22H27Cl2N3O2. The first-order chi connectivity index (χ1) is 13.8. The lowest BCUT2D eigenvalue weighted by Gasteiger charge is -2.24. The number of carbonyl (C=O) groups excluding carboxylic acids is 2. The topological polar surface area (TPSA) is 52.7 Å². The molecule has 5 nitrogen and oxygen atoms in total. The fourth-order valence-electron chi connectivity index (χ4n) is 2.86. The molecule has 0 radical (unpaired) electrons. The lowest BCUT2D eigenvalue weighted by Crippen LogP contribution is -2.33. The summed E-state index contributed by atoms with van der Waals surface area (Å²) >= 11 is 12.1. The lowest BCUT2D eigenvalue weighted by atomic mass is 10.1. The molecule has 0 atom stereocenters. The number of amides is 2. The van der Waals surface area contributed by atoms with Crippen molar-refractivity contribution in [2.24, 2.45) is 0 Å². The van der Waals surface area contributed by atoms with E-state index in [4.69, 9.17) is 23.2 Å². The number of halogens is 2. The molecule has 1 N–H and O–H groups in total. The van der Waals surface area contributed by atoms with Gasteiger partial charge in [0.05, 0.1) is 10.0 Å². The van der Waals surface area contributed by atoms with Crippen LogP contribution in [-0.2, 0) is 17.9 Å². The Morgan fingerprint density at radius 3 is 2.17 bits per heavy atom. The fourth-order valence-corrected chi connectivity index (χ4v) is 3.18. The van der Waals surface area contributed by atoms with Crippen molar-refractivity contribution >= 4 is 35.0 Å². The zero-order valence-corrected chi connectivity index (χ0v) is 18.6. The van der Waals surface area contributed by atoms with E-state index < -0.39 is 0 Å². The van der Waals surface area contributed by atoms with Crippen LogP contribution in [0.3, 0.4) is 0 Å². The third-order valence-corrected chi connectivity index (χ3v) is 5.16. The summed E-state index contributed by atoms with van der Waals surface area (Å²) in [6, 6.07) is 12.8. The zero-order chi connectivity index (χ0) is 21.4. The van der Waals surface area contributed by atoms with E-state index in [2.05, 4.69) is 10.2 Å². The molecule has 7 heteroatoms. The number of nitrogens with zero attached hydrogens (tertiary/aromatic N) is 2. The summed E-state index contributed by atoms with van der Waals surface area (Å²) in [5.41, 5.74) is 2.49. The van der Waals surface area contributed by atoms with Gasteiger partial charge in [0.1, 0.15) is 0 Å². The van der Waals surface area contributed by atoms with E-state index in [-0.39, 0.29) is 11.8 Å². The van der Waals surface area contributed by atoms with Gasteiger partial charge in [-0.1, -0.05) is 41.4 Å². The molecule has 0 aromatic heterocycles. The van der Waals surface area contributed by atoms with E-state index in [0.29, 0.717) is 35.2 Å². The molecule has 156 valence electrons. The predicted molar refractivity (Wildman–Crippen MR) is 118 cm³/mol. The Hall–Kier alpha value is -2.08. The Kier molecular flexibility index (Phi) is 8.96. The van der Waals surface area contributed by atoms with Gasteiger partial charge >= 0.3 is 0 Å². The highest BCUT2D eigenvalue weighted by Gasteiger charge is 2.17. The van der Waals surface area contributed by atoms with Crippen molar-refractivity contribution in [1.82, 2.24) is 15.1 Å². The van der Waals surface area contributed by atoms with Gasteiger partial charge in [0, 0.05) is 32.1 Å². The summed E-state index contributed by atoms with van der Waals surface area (Å²) in [6.45, 7) is 3.90. The Balaban J connectivity index is 2.14. The van der Waals surface area contributed by atoms with Crippen molar-refractivity contribution in [3.05, 3.63) is 69.2 Å². The molecule has 0 spiro atoms. The van der Waals surface area contributed by atoms with Crippen LogP contribution >= 0.6 is 23.2 Å². The maximum atomic E-state index is 13.1. The molecule has 0 saturated heterocycles. The highest BCUT2D eigenvalue weighted by atomic mass is 35.5. The highest BCUT2D eigenvalue weighted by Crippen LogP contribution is 2.23. The minimum Gasteiger partial charge on any atom is -0.352 e. The third kappa shape index (κ3) is 7.69. The van der Waals surface area contributed by atoms with E-state index in [1.165, 1.54) is 6.92 Å². The van der Waals surface area contributed by atoms with Crippen molar-refractivity contribution in [3.8, 4) is 0 Å². The van der Waals surface area contributed by atoms with Gasteiger partial charge in [0.2, 0.25) is 5.91 Å². The first kappa shape index (κ1) is 23.2. The largest absolute Gasteiger partial charge is 0.352 e. The summed E-state index contributed by atoms with van der Waals surface area (Å²) in [6.07, 6.45) is 0.862. The molecule has 2 amide bonds. The fraction of sp³-hybridized carbons (Fsp3) is 0.364. The van der Waals surface area contributed by atoms with Crippen LogP contribution in [0, 0.1) is 0 Å². The summed E-state index contributed by atoms with van der Waals surface area (Å²) in [5, 5.41) is 3.73. The molecule has 0 unspecified atom stereocenters. The number of hydrogen-bond donors (Lipinski definition) is 1. The molecule has 0 fully saturated rings. The molecule has 0 aliphatic heterocycles. The SMILES string of the molecule is CC(=O)NCc1ccc(C(=O)N(CCCN(C)C)Cc2ccc(Cl)c(Cl)c2)cc1. The highest BCUT2D eigenvalue weighted by molar-refractivity contribution is 6.42. The van der Waals surface area contributed by atoms with Gasteiger partial charge in [0.25, 0.3) is 5.91 Å². The van der Waals surface area contributed by atoms with Crippen LogP contribution in [-0.4, -0.2) is 48.8 Å². The van der Waals surface area contributed by atoms with Crippen molar-refractivity contribution in [2.45, 2.75) is 26.4 Å². The van der Waals surface area contributed by atoms with Gasteiger partial charge in [-0.3, -0.25) is 9.59 Å². The summed E-state index contributed by atoms with van der Waals surface area (Å²) in [5.74, 6) is -0.125. The smallest absolute Gasteiger partial charge is 0.254 e. The summed E-state index contributed by atoms with van der Waals surface area (Å²) in [4.78, 5) is 28.1. The van der Waals surface area contributed by atoms with Crippen LogP contribution in [0.5, 0.6) is 0 Å². The van der Waals surface area contributed by atoms with E-state index in [9.17, 15) is 9.59 Å². The first-order valence-corrected chi connectivity index (χ1v) is 10.2. The summed E-state index contributed by atoms with van der Waals surface area (Å²) < 4.78 is 0. The van der Waals surface area contributed by atoms with E-state index >= 15 is 0 Å². The molecule has 2 rings (SSSR count). The molecule has 0 aliphatic rings. The van der Waals surface area contributed by atoms with Crippen molar-refractivity contribution in [3.63, 3.8) is 0 Å². The molecule has 2 aromatic rings. The second kappa shape index (κ2) is 11.2. The van der Waals surface area contributed by atoms with Crippen LogP contribution in [0.2, 0.25) is 10.0 Å². The van der Waals surface area contributed by atoms with Crippen molar-refractivity contribution in [1.29, 1.82) is 0 Å². The van der Waals surface area contributed by atoms with Gasteiger partial charge in [-0.2, -0.15) is 0 Å². The van der Waals surface area contributed by atoms with Gasteiger partial charge in [-0.15, -0.1) is 0 Å². The van der Waals surface area contributed by atoms with Gasteiger partial charge < -0.3 is 15.1 Å². The second-order valence-corrected chi connectivity index (χ2v) is 8.05. The third-order valence-electron chi connectivity index (χ3n) is 4.42. The normalized spacial score (nSPS) is 10.8. The number of hydrogen-bond acceptors (Lipinski definition) is 3. The number of nitrogens with one attached hydrogen (secondary N) is 1. The summed E-state index contributed by atoms with van der Waals surface area (Å²) in [7, 11) is 4.03. The van der Waals surface area contributed by atoms with E-state index in [1.807, 2.05) is 37.2 Å². The van der Waals surface area contributed by atoms with E-state index in [0.717, 1.165) is 24.1 Å². The Bertz CT molecular complexity index is 838. The molecular weight excluding hydrogens is 409 g/mol. The number of benzene rings is 2. The Labute approximate surface area is 182 Å². The zero-order valence-electron chi connectivity index (χ0n) is 17.0. The van der Waals surface area contributed by atoms with E-state index in [1.54, 1.807) is 24.3 Å². The van der Waals surface area contributed by atoms with Gasteiger partial charge in [-0.05, 0) is 62.5 Å². The number of rotatable bonds is 9. The van der Waals surface area contributed by atoms with Crippen molar-refractivity contribution in [2.75, 3.05) is 27.2 Å². The predicted octanol–water partition coefficient (Wildman–Crippen LogP) is 4.22. The van der Waals surface area contributed by atoms with Gasteiger partial charge in [-0.25, -0.2) is 0 Å². The second-order valence-electron chi connectivity index (χ2n) is 7.24.